The van der Waals surface area contributed by atoms with Crippen molar-refractivity contribution in [2.45, 2.75) is 11.8 Å². The molecule has 8 heteroatoms. The minimum Gasteiger partial charge on any atom is -0.454 e. The molecule has 1 aliphatic heterocycles. The van der Waals surface area contributed by atoms with Crippen LogP contribution in [0.25, 0.3) is 0 Å². The zero-order valence-corrected chi connectivity index (χ0v) is 16.3. The van der Waals surface area contributed by atoms with E-state index in [1.165, 1.54) is 18.2 Å². The maximum Gasteiger partial charge on any atom is 0.262 e. The molecule has 4 rings (SSSR count). The summed E-state index contributed by atoms with van der Waals surface area (Å²) in [6.45, 7) is 1.63. The molecule has 28 heavy (non-hydrogen) atoms. The summed E-state index contributed by atoms with van der Waals surface area (Å²) >= 11 is 6.04. The first-order chi connectivity index (χ1) is 13.3. The van der Waals surface area contributed by atoms with Crippen molar-refractivity contribution in [3.05, 3.63) is 76.8 Å². The normalized spacial score (nSPS) is 12.9. The largest absolute Gasteiger partial charge is 0.454 e. The highest BCUT2D eigenvalue weighted by molar-refractivity contribution is 7.92. The van der Waals surface area contributed by atoms with Crippen molar-refractivity contribution in [2.75, 3.05) is 10.0 Å². The van der Waals surface area contributed by atoms with Crippen LogP contribution < -0.4 is 14.8 Å². The highest BCUT2D eigenvalue weighted by atomic mass is 35.5. The van der Waals surface area contributed by atoms with Crippen LogP contribution in [0.2, 0.25) is 5.02 Å². The highest BCUT2D eigenvalue weighted by Gasteiger charge is 2.23. The fraction of sp³-hybridized carbons (Fsp3) is 0.0500. The van der Waals surface area contributed by atoms with E-state index in [1.54, 1.807) is 49.4 Å². The molecule has 0 saturated carbocycles. The summed E-state index contributed by atoms with van der Waals surface area (Å²) in [6.07, 6.45) is 0. The summed E-state index contributed by atoms with van der Waals surface area (Å²) in [6, 6.07) is 16.2. The number of carbonyl (C=O) groups is 1. The van der Waals surface area contributed by atoms with Gasteiger partial charge in [0.05, 0.1) is 16.1 Å². The number of hydrogen-bond acceptors (Lipinski definition) is 4. The standard InChI is InChI=1S/C20H15ClN2O4S/c1-12-15(21)5-4-8-19(12)28(25,26)23-13-9-10-17-14(11-13)20(24)22-16-6-2-3-7-18(16)27-17/h2-11,23H,1H3,(H,22,24). The lowest BCUT2D eigenvalue weighted by atomic mass is 10.1. The van der Waals surface area contributed by atoms with Gasteiger partial charge in [-0.05, 0) is 55.0 Å². The van der Waals surface area contributed by atoms with Gasteiger partial charge in [0.1, 0.15) is 5.75 Å². The Morgan fingerprint density at radius 3 is 2.61 bits per heavy atom. The van der Waals surface area contributed by atoms with Crippen LogP contribution in [-0.2, 0) is 10.0 Å². The Bertz CT molecular complexity index is 1210. The van der Waals surface area contributed by atoms with Crippen LogP contribution in [0, 0.1) is 6.92 Å². The second kappa shape index (κ2) is 6.85. The first-order valence-electron chi connectivity index (χ1n) is 8.35. The van der Waals surface area contributed by atoms with E-state index >= 15 is 0 Å². The molecule has 0 unspecified atom stereocenters. The Balaban J connectivity index is 1.69. The zero-order valence-electron chi connectivity index (χ0n) is 14.7. The Kier molecular flexibility index (Phi) is 4.49. The zero-order chi connectivity index (χ0) is 19.9. The first kappa shape index (κ1) is 18.3. The summed E-state index contributed by atoms with van der Waals surface area (Å²) < 4.78 is 33.8. The van der Waals surface area contributed by atoms with Crippen molar-refractivity contribution in [1.29, 1.82) is 0 Å². The third-order valence-corrected chi connectivity index (χ3v) is 6.27. The number of carbonyl (C=O) groups excluding carboxylic acids is 1. The van der Waals surface area contributed by atoms with Gasteiger partial charge in [-0.15, -0.1) is 0 Å². The number of ether oxygens (including phenoxy) is 1. The van der Waals surface area contributed by atoms with E-state index in [2.05, 4.69) is 10.0 Å². The van der Waals surface area contributed by atoms with Gasteiger partial charge in [0.15, 0.2) is 5.75 Å². The molecule has 0 atom stereocenters. The smallest absolute Gasteiger partial charge is 0.262 e. The minimum absolute atomic E-state index is 0.0723. The van der Waals surface area contributed by atoms with Gasteiger partial charge in [-0.25, -0.2) is 8.42 Å². The van der Waals surface area contributed by atoms with Crippen LogP contribution in [0.3, 0.4) is 0 Å². The Morgan fingerprint density at radius 1 is 1.00 bits per heavy atom. The Hall–Kier alpha value is -3.03. The van der Waals surface area contributed by atoms with Crippen molar-refractivity contribution < 1.29 is 17.9 Å². The van der Waals surface area contributed by atoms with Crippen molar-refractivity contribution in [3.63, 3.8) is 0 Å². The maximum absolute atomic E-state index is 12.8. The number of rotatable bonds is 3. The summed E-state index contributed by atoms with van der Waals surface area (Å²) in [5.41, 5.74) is 1.45. The molecule has 0 spiro atoms. The van der Waals surface area contributed by atoms with Crippen molar-refractivity contribution in [3.8, 4) is 11.5 Å². The quantitative estimate of drug-likeness (QED) is 0.644. The van der Waals surface area contributed by atoms with Crippen molar-refractivity contribution in [2.24, 2.45) is 0 Å². The molecule has 3 aromatic carbocycles. The van der Waals surface area contributed by atoms with Crippen molar-refractivity contribution in [1.82, 2.24) is 0 Å². The molecule has 1 amide bonds. The van der Waals surface area contributed by atoms with Gasteiger partial charge in [0, 0.05) is 10.7 Å². The van der Waals surface area contributed by atoms with E-state index in [9.17, 15) is 13.2 Å². The molecular weight excluding hydrogens is 400 g/mol. The number of amides is 1. The van der Waals surface area contributed by atoms with E-state index < -0.39 is 10.0 Å². The summed E-state index contributed by atoms with van der Waals surface area (Å²) in [4.78, 5) is 12.6. The van der Waals surface area contributed by atoms with Gasteiger partial charge < -0.3 is 10.1 Å². The Labute approximate surface area is 167 Å². The fourth-order valence-corrected chi connectivity index (χ4v) is 4.46. The highest BCUT2D eigenvalue weighted by Crippen LogP contribution is 2.36. The second-order valence-corrected chi connectivity index (χ2v) is 8.29. The minimum atomic E-state index is -3.88. The number of nitrogens with one attached hydrogen (secondary N) is 2. The molecule has 1 heterocycles. The molecule has 1 aliphatic rings. The number of sulfonamides is 1. The van der Waals surface area contributed by atoms with E-state index in [0.29, 0.717) is 27.8 Å². The maximum atomic E-state index is 12.8. The van der Waals surface area contributed by atoms with Gasteiger partial charge in [0.25, 0.3) is 15.9 Å². The Morgan fingerprint density at radius 2 is 1.79 bits per heavy atom. The van der Waals surface area contributed by atoms with Gasteiger partial charge >= 0.3 is 0 Å². The fourth-order valence-electron chi connectivity index (χ4n) is 2.92. The van der Waals surface area contributed by atoms with E-state index in [1.807, 2.05) is 0 Å². The number of para-hydroxylation sites is 2. The van der Waals surface area contributed by atoms with E-state index in [-0.39, 0.29) is 22.1 Å². The number of benzene rings is 3. The lowest BCUT2D eigenvalue weighted by Gasteiger charge is -2.13. The van der Waals surface area contributed by atoms with Gasteiger partial charge in [-0.1, -0.05) is 29.8 Å². The third kappa shape index (κ3) is 3.30. The molecule has 3 aromatic rings. The van der Waals surface area contributed by atoms with Crippen LogP contribution in [-0.4, -0.2) is 14.3 Å². The van der Waals surface area contributed by atoms with Crippen molar-refractivity contribution >= 4 is 38.9 Å². The molecular formula is C20H15ClN2O4S. The number of halogens is 1. The lowest BCUT2D eigenvalue weighted by molar-refractivity contribution is 0.102. The number of hydrogen-bond donors (Lipinski definition) is 2. The van der Waals surface area contributed by atoms with Gasteiger partial charge in [0.2, 0.25) is 0 Å². The summed E-state index contributed by atoms with van der Waals surface area (Å²) in [7, 11) is -3.88. The molecule has 0 aromatic heterocycles. The summed E-state index contributed by atoms with van der Waals surface area (Å²) in [5, 5.41) is 3.12. The molecule has 2 N–H and O–H groups in total. The van der Waals surface area contributed by atoms with Crippen LogP contribution in [0.4, 0.5) is 11.4 Å². The predicted molar refractivity (Wildman–Crippen MR) is 108 cm³/mol. The topological polar surface area (TPSA) is 84.5 Å². The average Bonchev–Trinajstić information content (AvgIpc) is 2.79. The number of fused-ring (bicyclic) bond motifs is 2. The lowest BCUT2D eigenvalue weighted by Crippen LogP contribution is -2.15. The molecule has 6 nitrogen and oxygen atoms in total. The summed E-state index contributed by atoms with van der Waals surface area (Å²) in [5.74, 6) is 0.460. The van der Waals surface area contributed by atoms with Crippen LogP contribution >= 0.6 is 11.6 Å². The van der Waals surface area contributed by atoms with Crippen LogP contribution in [0.15, 0.2) is 65.6 Å². The van der Waals surface area contributed by atoms with Crippen LogP contribution in [0.1, 0.15) is 15.9 Å². The predicted octanol–water partition coefficient (Wildman–Crippen LogP) is 4.81. The second-order valence-electron chi connectivity index (χ2n) is 6.23. The number of anilines is 2. The molecule has 0 radical (unpaired) electrons. The molecule has 142 valence electrons. The molecule has 0 bridgehead atoms. The molecule has 0 saturated heterocycles. The average molecular weight is 415 g/mol. The van der Waals surface area contributed by atoms with E-state index in [4.69, 9.17) is 16.3 Å². The SMILES string of the molecule is Cc1c(Cl)cccc1S(=O)(=O)Nc1ccc2c(c1)C(=O)Nc1ccccc1O2. The van der Waals surface area contributed by atoms with Crippen LogP contribution in [0.5, 0.6) is 11.5 Å². The van der Waals surface area contributed by atoms with Gasteiger partial charge in [-0.3, -0.25) is 9.52 Å². The molecule has 0 fully saturated rings. The monoisotopic (exact) mass is 414 g/mol. The molecule has 0 aliphatic carbocycles. The first-order valence-corrected chi connectivity index (χ1v) is 10.2. The van der Waals surface area contributed by atoms with Gasteiger partial charge in [-0.2, -0.15) is 0 Å². The third-order valence-electron chi connectivity index (χ3n) is 4.34. The van der Waals surface area contributed by atoms with E-state index in [0.717, 1.165) is 0 Å².